The number of aryl methyl sites for hydroxylation is 1. The molecule has 7 heteroatoms. The lowest BCUT2D eigenvalue weighted by atomic mass is 10.0. The van der Waals surface area contributed by atoms with E-state index in [1.165, 1.54) is 0 Å². The van der Waals surface area contributed by atoms with Crippen molar-refractivity contribution in [1.29, 1.82) is 0 Å². The molecule has 2 aliphatic rings. The predicted octanol–water partition coefficient (Wildman–Crippen LogP) is -0.463. The van der Waals surface area contributed by atoms with Crippen LogP contribution in [0.2, 0.25) is 0 Å². The second-order valence-electron chi connectivity index (χ2n) is 6.02. The Morgan fingerprint density at radius 2 is 2.14 bits per heavy atom. The second-order valence-corrected chi connectivity index (χ2v) is 6.02. The molecule has 0 saturated carbocycles. The molecule has 2 atom stereocenters. The highest BCUT2D eigenvalue weighted by Crippen LogP contribution is 2.23. The van der Waals surface area contributed by atoms with Gasteiger partial charge in [0.2, 0.25) is 5.91 Å². The molecule has 7 nitrogen and oxygen atoms in total. The first-order chi connectivity index (χ1) is 10.1. The zero-order chi connectivity index (χ0) is 14.8. The van der Waals surface area contributed by atoms with Crippen LogP contribution in [0.4, 0.5) is 0 Å². The summed E-state index contributed by atoms with van der Waals surface area (Å²) in [6, 6.07) is 0.461. The molecule has 2 saturated heterocycles. The number of hydrogen-bond acceptors (Lipinski definition) is 5. The van der Waals surface area contributed by atoms with Gasteiger partial charge in [0.15, 0.2) is 0 Å². The van der Waals surface area contributed by atoms with E-state index < -0.39 is 0 Å². The molecule has 3 heterocycles. The largest absolute Gasteiger partial charge is 0.379 e. The van der Waals surface area contributed by atoms with Crippen molar-refractivity contribution in [3.8, 4) is 0 Å². The number of nitrogens with zero attached hydrogens (tertiary/aromatic N) is 5. The van der Waals surface area contributed by atoms with Crippen LogP contribution in [-0.4, -0.2) is 76.1 Å². The predicted molar refractivity (Wildman–Crippen MR) is 76.6 cm³/mol. The van der Waals surface area contributed by atoms with Gasteiger partial charge in [0.25, 0.3) is 0 Å². The molecule has 0 radical (unpaired) electrons. The number of rotatable bonds is 3. The molecule has 2 aliphatic heterocycles. The molecule has 2 unspecified atom stereocenters. The first-order valence-electron chi connectivity index (χ1n) is 7.58. The average Bonchev–Trinajstić information content (AvgIpc) is 3.07. The molecule has 21 heavy (non-hydrogen) atoms. The van der Waals surface area contributed by atoms with Gasteiger partial charge >= 0.3 is 0 Å². The van der Waals surface area contributed by atoms with Gasteiger partial charge in [-0.05, 0) is 5.92 Å². The summed E-state index contributed by atoms with van der Waals surface area (Å²) in [5.41, 5.74) is 0.863. The van der Waals surface area contributed by atoms with Gasteiger partial charge in [-0.3, -0.25) is 14.4 Å². The summed E-state index contributed by atoms with van der Waals surface area (Å²) in [6.07, 6.45) is 2.04. The molecule has 116 valence electrons. The lowest BCUT2D eigenvalue weighted by Gasteiger charge is -2.33. The number of carbonyl (C=O) groups excluding carboxylic acids is 1. The summed E-state index contributed by atoms with van der Waals surface area (Å²) >= 11 is 0. The third-order valence-electron chi connectivity index (χ3n) is 4.58. The zero-order valence-electron chi connectivity index (χ0n) is 12.7. The van der Waals surface area contributed by atoms with E-state index in [1.54, 1.807) is 10.9 Å². The van der Waals surface area contributed by atoms with Crippen molar-refractivity contribution < 1.29 is 9.53 Å². The van der Waals surface area contributed by atoms with Crippen LogP contribution >= 0.6 is 0 Å². The highest BCUT2D eigenvalue weighted by molar-refractivity contribution is 5.78. The summed E-state index contributed by atoms with van der Waals surface area (Å²) < 4.78 is 7.08. The van der Waals surface area contributed by atoms with Crippen molar-refractivity contribution in [2.45, 2.75) is 19.4 Å². The van der Waals surface area contributed by atoms with Gasteiger partial charge in [-0.15, -0.1) is 5.10 Å². The van der Waals surface area contributed by atoms with E-state index in [-0.39, 0.29) is 5.91 Å². The van der Waals surface area contributed by atoms with Gasteiger partial charge in [-0.1, -0.05) is 12.1 Å². The first kappa shape index (κ1) is 14.5. The third kappa shape index (κ3) is 3.08. The van der Waals surface area contributed by atoms with Crippen LogP contribution in [0.5, 0.6) is 0 Å². The van der Waals surface area contributed by atoms with Crippen molar-refractivity contribution in [3.05, 3.63) is 11.9 Å². The molecule has 3 rings (SSSR count). The molecular weight excluding hydrogens is 270 g/mol. The Morgan fingerprint density at radius 1 is 1.38 bits per heavy atom. The van der Waals surface area contributed by atoms with Crippen molar-refractivity contribution in [2.24, 2.45) is 13.0 Å². The fourth-order valence-corrected chi connectivity index (χ4v) is 3.28. The summed E-state index contributed by atoms with van der Waals surface area (Å²) in [6.45, 7) is 7.46. The number of aromatic nitrogens is 3. The number of carbonyl (C=O) groups is 1. The quantitative estimate of drug-likeness (QED) is 0.754. The second kappa shape index (κ2) is 6.11. The van der Waals surface area contributed by atoms with E-state index in [4.69, 9.17) is 4.74 Å². The number of amides is 1. The van der Waals surface area contributed by atoms with Gasteiger partial charge in [-0.25, -0.2) is 0 Å². The van der Waals surface area contributed by atoms with Gasteiger partial charge in [0.05, 0.1) is 31.5 Å². The molecule has 1 amide bonds. The lowest BCUT2D eigenvalue weighted by molar-refractivity contribution is -0.129. The number of morpholine rings is 1. The fourth-order valence-electron chi connectivity index (χ4n) is 3.28. The summed E-state index contributed by atoms with van der Waals surface area (Å²) in [7, 11) is 1.82. The maximum absolute atomic E-state index is 12.5. The molecule has 0 bridgehead atoms. The first-order valence-corrected chi connectivity index (χ1v) is 7.58. The Hall–Kier alpha value is -1.47. The van der Waals surface area contributed by atoms with Crippen LogP contribution < -0.4 is 0 Å². The monoisotopic (exact) mass is 293 g/mol. The van der Waals surface area contributed by atoms with E-state index in [1.807, 2.05) is 11.9 Å². The molecule has 0 aliphatic carbocycles. The van der Waals surface area contributed by atoms with Crippen molar-refractivity contribution in [3.63, 3.8) is 0 Å². The molecule has 0 spiro atoms. The smallest absolute Gasteiger partial charge is 0.228 e. The Kier molecular flexibility index (Phi) is 4.21. The minimum atomic E-state index is 0.169. The summed E-state index contributed by atoms with van der Waals surface area (Å²) in [5, 5.41) is 7.70. The standard InChI is InChI=1S/C14H23N5O2/c1-11-9-19(10-13(11)18-3-5-21-6-4-18)14(20)7-12-8-15-16-17(12)2/h8,11,13H,3-7,9-10H2,1-2H3. The van der Waals surface area contributed by atoms with Crippen molar-refractivity contribution >= 4 is 5.91 Å². The highest BCUT2D eigenvalue weighted by Gasteiger charge is 2.36. The average molecular weight is 293 g/mol. The van der Waals surface area contributed by atoms with E-state index in [2.05, 4.69) is 22.1 Å². The van der Waals surface area contributed by atoms with Crippen LogP contribution in [0.15, 0.2) is 6.20 Å². The Bertz CT molecular complexity index is 497. The number of likely N-dealkylation sites (tertiary alicyclic amines) is 1. The van der Waals surface area contributed by atoms with Crippen LogP contribution in [-0.2, 0) is 23.0 Å². The number of hydrogen-bond donors (Lipinski definition) is 0. The normalized spacial score (nSPS) is 27.2. The fraction of sp³-hybridized carbons (Fsp3) is 0.786. The van der Waals surface area contributed by atoms with Gasteiger partial charge in [0, 0.05) is 39.3 Å². The lowest BCUT2D eigenvalue weighted by Crippen LogP contribution is -2.47. The third-order valence-corrected chi connectivity index (χ3v) is 4.58. The topological polar surface area (TPSA) is 63.5 Å². The van der Waals surface area contributed by atoms with Crippen LogP contribution in [0, 0.1) is 5.92 Å². The van der Waals surface area contributed by atoms with E-state index in [9.17, 15) is 4.79 Å². The zero-order valence-corrected chi connectivity index (χ0v) is 12.7. The Labute approximate surface area is 124 Å². The van der Waals surface area contributed by atoms with Crippen molar-refractivity contribution in [2.75, 3.05) is 39.4 Å². The van der Waals surface area contributed by atoms with Crippen LogP contribution in [0.3, 0.4) is 0 Å². The van der Waals surface area contributed by atoms with E-state index in [0.717, 1.165) is 45.1 Å². The van der Waals surface area contributed by atoms with Gasteiger partial charge < -0.3 is 9.64 Å². The minimum Gasteiger partial charge on any atom is -0.379 e. The van der Waals surface area contributed by atoms with Gasteiger partial charge in [-0.2, -0.15) is 0 Å². The SMILES string of the molecule is CC1CN(C(=O)Cc2cnnn2C)CC1N1CCOCC1. The van der Waals surface area contributed by atoms with Crippen molar-refractivity contribution in [1.82, 2.24) is 24.8 Å². The van der Waals surface area contributed by atoms with Crippen LogP contribution in [0.1, 0.15) is 12.6 Å². The summed E-state index contributed by atoms with van der Waals surface area (Å²) in [5.74, 6) is 0.680. The molecule has 0 N–H and O–H groups in total. The summed E-state index contributed by atoms with van der Waals surface area (Å²) in [4.78, 5) is 16.9. The molecule has 1 aromatic rings. The van der Waals surface area contributed by atoms with Gasteiger partial charge in [0.1, 0.15) is 0 Å². The van der Waals surface area contributed by atoms with E-state index in [0.29, 0.717) is 18.4 Å². The van der Waals surface area contributed by atoms with E-state index >= 15 is 0 Å². The number of ether oxygens (including phenoxy) is 1. The highest BCUT2D eigenvalue weighted by atomic mass is 16.5. The Morgan fingerprint density at radius 3 is 2.81 bits per heavy atom. The molecule has 2 fully saturated rings. The molecular formula is C14H23N5O2. The molecule has 1 aromatic heterocycles. The molecule has 0 aromatic carbocycles. The van der Waals surface area contributed by atoms with Crippen LogP contribution in [0.25, 0.3) is 0 Å². The Balaban J connectivity index is 1.59. The maximum Gasteiger partial charge on any atom is 0.228 e. The minimum absolute atomic E-state index is 0.169. The maximum atomic E-state index is 12.5.